The van der Waals surface area contributed by atoms with Crippen molar-refractivity contribution in [1.29, 1.82) is 0 Å². The summed E-state index contributed by atoms with van der Waals surface area (Å²) in [5.41, 5.74) is -1.70. The number of alkyl halides is 2. The van der Waals surface area contributed by atoms with E-state index in [1.165, 1.54) is 12.1 Å². The van der Waals surface area contributed by atoms with Crippen molar-refractivity contribution in [1.82, 2.24) is 0 Å². The van der Waals surface area contributed by atoms with Crippen LogP contribution in [0, 0.1) is 35.0 Å². The van der Waals surface area contributed by atoms with E-state index in [4.69, 9.17) is 9.47 Å². The number of halogens is 7. The van der Waals surface area contributed by atoms with E-state index >= 15 is 4.39 Å². The zero-order valence-electron chi connectivity index (χ0n) is 21.1. The number of hydrogen-bond donors (Lipinski definition) is 0. The van der Waals surface area contributed by atoms with E-state index in [9.17, 15) is 26.3 Å². The van der Waals surface area contributed by atoms with Crippen LogP contribution >= 0.6 is 0 Å². The van der Waals surface area contributed by atoms with Gasteiger partial charge in [0.1, 0.15) is 28.8 Å². The molecule has 210 valence electrons. The van der Waals surface area contributed by atoms with Gasteiger partial charge in [-0.25, -0.2) is 22.0 Å². The molecule has 1 heterocycles. The molecule has 0 aromatic heterocycles. The van der Waals surface area contributed by atoms with E-state index in [2.05, 4.69) is 4.74 Å². The Morgan fingerprint density at radius 2 is 1.56 bits per heavy atom. The van der Waals surface area contributed by atoms with Gasteiger partial charge < -0.3 is 14.2 Å². The Morgan fingerprint density at radius 3 is 2.18 bits per heavy atom. The van der Waals surface area contributed by atoms with Gasteiger partial charge in [0.15, 0.2) is 11.6 Å². The van der Waals surface area contributed by atoms with Crippen molar-refractivity contribution < 1.29 is 44.9 Å². The highest BCUT2D eigenvalue weighted by Crippen LogP contribution is 2.39. The van der Waals surface area contributed by atoms with Crippen LogP contribution in [0.25, 0.3) is 11.1 Å². The molecule has 0 aliphatic carbocycles. The average Bonchev–Trinajstić information content (AvgIpc) is 2.88. The Balaban J connectivity index is 1.47. The number of benzene rings is 3. The molecule has 3 aromatic rings. The average molecular weight is 557 g/mol. The normalized spacial score (nSPS) is 17.8. The summed E-state index contributed by atoms with van der Waals surface area (Å²) in [7, 11) is 0. The van der Waals surface area contributed by atoms with Gasteiger partial charge >= 0.3 is 6.11 Å². The van der Waals surface area contributed by atoms with Gasteiger partial charge in [0, 0.05) is 24.8 Å². The fourth-order valence-electron chi connectivity index (χ4n) is 4.50. The molecule has 0 saturated carbocycles. The van der Waals surface area contributed by atoms with Gasteiger partial charge in [-0.2, -0.15) is 8.78 Å². The van der Waals surface area contributed by atoms with Crippen LogP contribution in [0.15, 0.2) is 48.5 Å². The van der Waals surface area contributed by atoms with Crippen LogP contribution in [0.4, 0.5) is 30.7 Å². The van der Waals surface area contributed by atoms with E-state index in [0.717, 1.165) is 19.3 Å². The zero-order chi connectivity index (χ0) is 28.2. The third kappa shape index (κ3) is 6.91. The molecule has 1 fully saturated rings. The summed E-state index contributed by atoms with van der Waals surface area (Å²) < 4.78 is 116. The monoisotopic (exact) mass is 556 g/mol. The van der Waals surface area contributed by atoms with Crippen LogP contribution in [0.3, 0.4) is 0 Å². The Morgan fingerprint density at radius 1 is 0.821 bits per heavy atom. The Bertz CT molecular complexity index is 1270. The summed E-state index contributed by atoms with van der Waals surface area (Å²) >= 11 is 0. The molecule has 0 spiro atoms. The predicted molar refractivity (Wildman–Crippen MR) is 130 cm³/mol. The fraction of sp³-hybridized carbons (Fsp3) is 0.379. The van der Waals surface area contributed by atoms with Gasteiger partial charge in [-0.1, -0.05) is 19.1 Å². The van der Waals surface area contributed by atoms with Gasteiger partial charge in [0.25, 0.3) is 0 Å². The molecular weight excluding hydrogens is 529 g/mol. The second kappa shape index (κ2) is 12.4. The minimum absolute atomic E-state index is 0.199. The van der Waals surface area contributed by atoms with E-state index in [-0.39, 0.29) is 17.2 Å². The molecule has 1 saturated heterocycles. The van der Waals surface area contributed by atoms with E-state index < -0.39 is 46.5 Å². The van der Waals surface area contributed by atoms with Crippen LogP contribution < -0.4 is 4.74 Å². The molecule has 0 N–H and O–H groups in total. The Labute approximate surface area is 221 Å². The maximum Gasteiger partial charge on any atom is 0.432 e. The largest absolute Gasteiger partial charge is 0.432 e. The minimum Gasteiger partial charge on any atom is -0.429 e. The van der Waals surface area contributed by atoms with Gasteiger partial charge in [-0.05, 0) is 73.1 Å². The predicted octanol–water partition coefficient (Wildman–Crippen LogP) is 8.46. The third-order valence-corrected chi connectivity index (χ3v) is 6.54. The van der Waals surface area contributed by atoms with Crippen LogP contribution in [0.5, 0.6) is 5.75 Å². The number of hydrogen-bond acceptors (Lipinski definition) is 3. The number of rotatable bonds is 10. The molecule has 1 aliphatic heterocycles. The molecule has 3 nitrogen and oxygen atoms in total. The lowest BCUT2D eigenvalue weighted by atomic mass is 9.92. The lowest BCUT2D eigenvalue weighted by Gasteiger charge is -2.29. The lowest BCUT2D eigenvalue weighted by molar-refractivity contribution is -0.189. The molecule has 0 amide bonds. The smallest absolute Gasteiger partial charge is 0.429 e. The fourth-order valence-corrected chi connectivity index (χ4v) is 4.50. The van der Waals surface area contributed by atoms with Gasteiger partial charge in [0.05, 0.1) is 12.7 Å². The molecule has 2 atom stereocenters. The van der Waals surface area contributed by atoms with Crippen LogP contribution in [0.1, 0.15) is 49.8 Å². The topological polar surface area (TPSA) is 27.7 Å². The summed E-state index contributed by atoms with van der Waals surface area (Å²) in [4.78, 5) is 0. The van der Waals surface area contributed by atoms with E-state index in [1.807, 2.05) is 6.92 Å². The molecule has 10 heteroatoms. The maximum atomic E-state index is 15.0. The highest BCUT2D eigenvalue weighted by atomic mass is 19.3. The molecule has 0 bridgehead atoms. The van der Waals surface area contributed by atoms with Crippen molar-refractivity contribution in [3.63, 3.8) is 0 Å². The van der Waals surface area contributed by atoms with Crippen molar-refractivity contribution in [3.05, 3.63) is 88.7 Å². The molecule has 4 rings (SSSR count). The van der Waals surface area contributed by atoms with Crippen molar-refractivity contribution in [2.45, 2.75) is 44.8 Å². The first-order valence-corrected chi connectivity index (χ1v) is 12.6. The summed E-state index contributed by atoms with van der Waals surface area (Å²) in [5.74, 6) is -7.50. The lowest BCUT2D eigenvalue weighted by Crippen LogP contribution is -2.25. The molecule has 2 unspecified atom stereocenters. The van der Waals surface area contributed by atoms with Crippen LogP contribution in [-0.4, -0.2) is 19.8 Å². The van der Waals surface area contributed by atoms with Gasteiger partial charge in [-0.15, -0.1) is 0 Å². The Kier molecular flexibility index (Phi) is 9.17. The highest BCUT2D eigenvalue weighted by Gasteiger charge is 2.41. The van der Waals surface area contributed by atoms with Crippen molar-refractivity contribution in [2.24, 2.45) is 5.92 Å². The van der Waals surface area contributed by atoms with Crippen LogP contribution in [0.2, 0.25) is 0 Å². The third-order valence-electron chi connectivity index (χ3n) is 6.54. The first-order valence-electron chi connectivity index (χ1n) is 12.6. The molecule has 3 aromatic carbocycles. The first kappa shape index (κ1) is 28.9. The number of ether oxygens (including phenoxy) is 3. The SMILES string of the molecule is CCCOCCC1CCC(c2ccc(-c3cc(F)c(C(F)(F)Oc4ccc(F)c(F)c4)c(F)c3)c(F)c2)OC1. The second-order valence-corrected chi connectivity index (χ2v) is 9.42. The molecular formula is C29H27F7O3. The summed E-state index contributed by atoms with van der Waals surface area (Å²) in [6.07, 6.45) is -1.54. The van der Waals surface area contributed by atoms with E-state index in [1.54, 1.807) is 6.07 Å². The van der Waals surface area contributed by atoms with Crippen molar-refractivity contribution in [3.8, 4) is 16.9 Å². The summed E-state index contributed by atoms with van der Waals surface area (Å²) in [6, 6.07) is 6.73. The van der Waals surface area contributed by atoms with Gasteiger partial charge in [-0.3, -0.25) is 0 Å². The zero-order valence-corrected chi connectivity index (χ0v) is 21.1. The van der Waals surface area contributed by atoms with Crippen molar-refractivity contribution >= 4 is 0 Å². The van der Waals surface area contributed by atoms with Gasteiger partial charge in [0.2, 0.25) is 0 Å². The van der Waals surface area contributed by atoms with Crippen LogP contribution in [-0.2, 0) is 15.6 Å². The quantitative estimate of drug-likeness (QED) is 0.185. The maximum absolute atomic E-state index is 15.0. The molecule has 0 radical (unpaired) electrons. The first-order chi connectivity index (χ1) is 18.6. The molecule has 1 aliphatic rings. The van der Waals surface area contributed by atoms with E-state index in [0.29, 0.717) is 68.1 Å². The minimum atomic E-state index is -4.57. The standard InChI is InChI=1S/C29H27F7O3/c1-2-10-37-11-9-17-3-8-27(38-16-17)18-4-6-21(23(31)12-18)19-13-25(33)28(26(34)14-19)29(35,36)39-20-5-7-22(30)24(32)15-20/h4-7,12-15,17,27H,2-3,8-11,16H2,1H3. The summed E-state index contributed by atoms with van der Waals surface area (Å²) in [5, 5.41) is 0. The molecule has 39 heavy (non-hydrogen) atoms. The summed E-state index contributed by atoms with van der Waals surface area (Å²) in [6.45, 7) is 3.91. The highest BCUT2D eigenvalue weighted by molar-refractivity contribution is 5.65. The van der Waals surface area contributed by atoms with Crippen molar-refractivity contribution in [2.75, 3.05) is 19.8 Å². The Hall–Kier alpha value is -3.11. The second-order valence-electron chi connectivity index (χ2n) is 9.42.